The molecule has 1 aromatic heterocycles. The Labute approximate surface area is 111 Å². The van der Waals surface area contributed by atoms with E-state index in [1.165, 1.54) is 0 Å². The highest BCUT2D eigenvalue weighted by Gasteiger charge is 2.27. The maximum Gasteiger partial charge on any atom is 0.389 e. The van der Waals surface area contributed by atoms with Gasteiger partial charge in [-0.15, -0.1) is 0 Å². The minimum Gasteiger partial charge on any atom is -0.370 e. The van der Waals surface area contributed by atoms with E-state index in [9.17, 15) is 13.2 Å². The van der Waals surface area contributed by atoms with Gasteiger partial charge in [0.15, 0.2) is 0 Å². The van der Waals surface area contributed by atoms with Gasteiger partial charge >= 0.3 is 6.18 Å². The van der Waals surface area contributed by atoms with Crippen molar-refractivity contribution in [3.05, 3.63) is 17.1 Å². The van der Waals surface area contributed by atoms with E-state index in [0.717, 1.165) is 30.6 Å². The van der Waals surface area contributed by atoms with Crippen molar-refractivity contribution in [2.75, 3.05) is 11.9 Å². The van der Waals surface area contributed by atoms with Crippen LogP contribution in [-0.4, -0.2) is 22.7 Å². The Bertz CT molecular complexity index is 416. The summed E-state index contributed by atoms with van der Waals surface area (Å²) in [5.41, 5.74) is 1.73. The number of nitrogens with one attached hydrogen (secondary N) is 1. The first kappa shape index (κ1) is 15.7. The van der Waals surface area contributed by atoms with E-state index in [2.05, 4.69) is 15.3 Å². The number of anilines is 1. The van der Waals surface area contributed by atoms with Gasteiger partial charge in [-0.3, -0.25) is 0 Å². The van der Waals surface area contributed by atoms with E-state index in [0.29, 0.717) is 5.82 Å². The van der Waals surface area contributed by atoms with Crippen LogP contribution >= 0.6 is 0 Å². The monoisotopic (exact) mass is 275 g/mol. The van der Waals surface area contributed by atoms with Crippen LogP contribution in [0.1, 0.15) is 43.8 Å². The van der Waals surface area contributed by atoms with Crippen LogP contribution in [0.5, 0.6) is 0 Å². The van der Waals surface area contributed by atoms with Gasteiger partial charge in [-0.05, 0) is 19.8 Å². The van der Waals surface area contributed by atoms with Crippen molar-refractivity contribution in [1.82, 2.24) is 9.97 Å². The van der Waals surface area contributed by atoms with Crippen molar-refractivity contribution >= 4 is 5.82 Å². The Morgan fingerprint density at radius 3 is 2.37 bits per heavy atom. The van der Waals surface area contributed by atoms with Crippen LogP contribution in [0, 0.1) is 6.92 Å². The van der Waals surface area contributed by atoms with Crippen molar-refractivity contribution in [3.63, 3.8) is 0 Å². The van der Waals surface area contributed by atoms with E-state index < -0.39 is 12.6 Å². The maximum absolute atomic E-state index is 12.2. The van der Waals surface area contributed by atoms with Gasteiger partial charge in [-0.25, -0.2) is 9.97 Å². The smallest absolute Gasteiger partial charge is 0.370 e. The third kappa shape index (κ3) is 5.04. The minimum absolute atomic E-state index is 0.171. The molecular formula is C13H20F3N3. The summed E-state index contributed by atoms with van der Waals surface area (Å²) in [5.74, 6) is 0.930. The predicted molar refractivity (Wildman–Crippen MR) is 69.3 cm³/mol. The molecule has 0 aromatic carbocycles. The molecular weight excluding hydrogens is 255 g/mol. The molecule has 0 unspecified atom stereocenters. The average Bonchev–Trinajstić information content (AvgIpc) is 2.32. The highest BCUT2D eigenvalue weighted by atomic mass is 19.4. The normalized spacial score (nSPS) is 11.7. The van der Waals surface area contributed by atoms with Crippen molar-refractivity contribution < 1.29 is 13.2 Å². The fourth-order valence-electron chi connectivity index (χ4n) is 1.83. The predicted octanol–water partition coefficient (Wildman–Crippen LogP) is 3.66. The number of aromatic nitrogens is 2. The fraction of sp³-hybridized carbons (Fsp3) is 0.692. The largest absolute Gasteiger partial charge is 0.389 e. The third-order valence-electron chi connectivity index (χ3n) is 2.79. The van der Waals surface area contributed by atoms with Crippen molar-refractivity contribution in [3.8, 4) is 0 Å². The summed E-state index contributed by atoms with van der Waals surface area (Å²) in [7, 11) is 0. The van der Waals surface area contributed by atoms with Gasteiger partial charge in [-0.1, -0.05) is 13.8 Å². The third-order valence-corrected chi connectivity index (χ3v) is 2.79. The number of hydrogen-bond donors (Lipinski definition) is 1. The van der Waals surface area contributed by atoms with E-state index in [1.54, 1.807) is 0 Å². The molecule has 3 nitrogen and oxygen atoms in total. The lowest BCUT2D eigenvalue weighted by Gasteiger charge is -2.14. The summed E-state index contributed by atoms with van der Waals surface area (Å²) in [4.78, 5) is 8.39. The van der Waals surface area contributed by atoms with Gasteiger partial charge in [0.2, 0.25) is 0 Å². The Balaban J connectivity index is 2.91. The lowest BCUT2D eigenvalue weighted by molar-refractivity contribution is -0.134. The van der Waals surface area contributed by atoms with Crippen LogP contribution in [0.2, 0.25) is 0 Å². The lowest BCUT2D eigenvalue weighted by atomic mass is 10.1. The first-order chi connectivity index (χ1) is 8.87. The number of halogens is 3. The summed E-state index contributed by atoms with van der Waals surface area (Å²) in [6.45, 7) is 6.58. The van der Waals surface area contributed by atoms with Gasteiger partial charge in [0, 0.05) is 24.2 Å². The van der Waals surface area contributed by atoms with E-state index in [-0.39, 0.29) is 12.2 Å². The van der Waals surface area contributed by atoms with Crippen LogP contribution in [0.3, 0.4) is 0 Å². The van der Waals surface area contributed by atoms with Gasteiger partial charge in [0.05, 0.1) is 6.42 Å². The summed E-state index contributed by atoms with van der Waals surface area (Å²) >= 11 is 0. The van der Waals surface area contributed by atoms with Gasteiger partial charge < -0.3 is 5.32 Å². The molecule has 1 aromatic rings. The Morgan fingerprint density at radius 2 is 1.84 bits per heavy atom. The Morgan fingerprint density at radius 1 is 1.16 bits per heavy atom. The zero-order chi connectivity index (χ0) is 14.5. The van der Waals surface area contributed by atoms with E-state index in [4.69, 9.17) is 0 Å². The molecule has 108 valence electrons. The van der Waals surface area contributed by atoms with Gasteiger partial charge in [0.25, 0.3) is 0 Å². The second-order valence-electron chi connectivity index (χ2n) is 4.45. The number of aryl methyl sites for hydroxylation is 2. The molecule has 0 aliphatic carbocycles. The van der Waals surface area contributed by atoms with Crippen molar-refractivity contribution in [2.24, 2.45) is 0 Å². The van der Waals surface area contributed by atoms with Crippen LogP contribution in [0.15, 0.2) is 0 Å². The number of hydrogen-bond acceptors (Lipinski definition) is 3. The van der Waals surface area contributed by atoms with Gasteiger partial charge in [0.1, 0.15) is 11.6 Å². The molecule has 6 heteroatoms. The van der Waals surface area contributed by atoms with Crippen LogP contribution in [0.4, 0.5) is 19.0 Å². The molecule has 0 saturated carbocycles. The Kier molecular flexibility index (Phi) is 5.57. The molecule has 1 N–H and O–H groups in total. The molecule has 19 heavy (non-hydrogen) atoms. The fourth-order valence-corrected chi connectivity index (χ4v) is 1.83. The lowest BCUT2D eigenvalue weighted by Crippen LogP contribution is -2.14. The minimum atomic E-state index is -4.17. The molecule has 0 aliphatic rings. The van der Waals surface area contributed by atoms with E-state index >= 15 is 0 Å². The molecule has 1 heterocycles. The summed E-state index contributed by atoms with van der Waals surface area (Å²) in [6.07, 6.45) is -3.53. The van der Waals surface area contributed by atoms with Crippen molar-refractivity contribution in [2.45, 2.75) is 52.6 Å². The molecule has 1 rings (SSSR count). The molecule has 0 amide bonds. The topological polar surface area (TPSA) is 37.8 Å². The summed E-state index contributed by atoms with van der Waals surface area (Å²) in [6, 6.07) is 0. The molecule has 0 bridgehead atoms. The molecule has 0 saturated heterocycles. The molecule has 0 aliphatic heterocycles. The number of nitrogens with zero attached hydrogens (tertiary/aromatic N) is 2. The first-order valence-corrected chi connectivity index (χ1v) is 6.54. The molecule has 0 atom stereocenters. The molecule has 0 fully saturated rings. The summed E-state index contributed by atoms with van der Waals surface area (Å²) < 4.78 is 36.7. The summed E-state index contributed by atoms with van der Waals surface area (Å²) in [5, 5.41) is 3.16. The average molecular weight is 275 g/mol. The van der Waals surface area contributed by atoms with E-state index in [1.807, 2.05) is 20.8 Å². The standard InChI is InChI=1S/C13H20F3N3/c1-4-8-17-12-10(5-2)9(3)18-11(19-12)6-7-13(14,15)16/h4-8H2,1-3H3,(H,17,18,19). The zero-order valence-electron chi connectivity index (χ0n) is 11.6. The maximum atomic E-state index is 12.2. The van der Waals surface area contributed by atoms with Crippen LogP contribution in [-0.2, 0) is 12.8 Å². The first-order valence-electron chi connectivity index (χ1n) is 6.54. The van der Waals surface area contributed by atoms with Crippen LogP contribution in [0.25, 0.3) is 0 Å². The highest BCUT2D eigenvalue weighted by Crippen LogP contribution is 2.23. The van der Waals surface area contributed by atoms with Gasteiger partial charge in [-0.2, -0.15) is 13.2 Å². The number of rotatable bonds is 6. The number of alkyl halides is 3. The van der Waals surface area contributed by atoms with Crippen molar-refractivity contribution in [1.29, 1.82) is 0 Å². The quantitative estimate of drug-likeness (QED) is 0.861. The Hall–Kier alpha value is -1.33. The van der Waals surface area contributed by atoms with Crippen LogP contribution < -0.4 is 5.32 Å². The second kappa shape index (κ2) is 6.73. The molecule has 0 radical (unpaired) electrons. The molecule has 0 spiro atoms. The second-order valence-corrected chi connectivity index (χ2v) is 4.45. The highest BCUT2D eigenvalue weighted by molar-refractivity contribution is 5.46. The SMILES string of the molecule is CCCNc1nc(CCC(F)(F)F)nc(C)c1CC. The zero-order valence-corrected chi connectivity index (χ0v) is 11.6.